The van der Waals surface area contributed by atoms with Gasteiger partial charge in [0.05, 0.1) is 0 Å². The molecule has 0 heterocycles. The molecule has 0 aromatic heterocycles. The normalized spacial score (nSPS) is 14.4. The Morgan fingerprint density at radius 2 is 1.30 bits per heavy atom. The molecule has 0 amide bonds. The van der Waals surface area contributed by atoms with Crippen LogP contribution in [0.15, 0.2) is 0 Å². The van der Waals surface area contributed by atoms with Gasteiger partial charge in [0.15, 0.2) is 0 Å². The number of nitrogens with zero attached hydrogens (tertiary/aromatic N) is 1. The summed E-state index contributed by atoms with van der Waals surface area (Å²) in [6.45, 7) is 3.84. The summed E-state index contributed by atoms with van der Waals surface area (Å²) < 4.78 is 1.71. The fourth-order valence-electron chi connectivity index (χ4n) is 0.301. The summed E-state index contributed by atoms with van der Waals surface area (Å²) >= 11 is 23.2. The van der Waals surface area contributed by atoms with E-state index in [-0.39, 0.29) is 0 Å². The number of hydrogen-bond donors (Lipinski definition) is 0. The summed E-state index contributed by atoms with van der Waals surface area (Å²) in [5.74, 6) is 0. The average molecular weight is 257 g/mol. The quantitative estimate of drug-likeness (QED) is 0.543. The van der Waals surface area contributed by atoms with Gasteiger partial charge in [-0.25, -0.2) is 0 Å². The zero-order chi connectivity index (χ0) is 8.58. The second-order valence-corrected chi connectivity index (χ2v) is 17.4. The van der Waals surface area contributed by atoms with Crippen LogP contribution in [-0.2, 0) is 0 Å². The molecule has 0 aromatic rings. The first kappa shape index (κ1) is 11.6. The van der Waals surface area contributed by atoms with Crippen LogP contribution in [0, 0.1) is 0 Å². The Bertz CT molecular complexity index is 103. The number of rotatable bonds is 2. The fraction of sp³-hybridized carbons (Fsp3) is 1.00. The van der Waals surface area contributed by atoms with Crippen molar-refractivity contribution in [2.24, 2.45) is 0 Å². The molecule has 1 nitrogen and oxygen atoms in total. The Labute approximate surface area is 82.2 Å². The SMILES string of the molecule is CN([Si](C)(C)Cl)[Si](Cl)(Cl)Cl. The maximum Gasteiger partial charge on any atom is 0.418 e. The molecule has 0 radical (unpaired) electrons. The van der Waals surface area contributed by atoms with Crippen molar-refractivity contribution < 1.29 is 0 Å². The van der Waals surface area contributed by atoms with E-state index in [2.05, 4.69) is 0 Å². The van der Waals surface area contributed by atoms with Crippen molar-refractivity contribution in [2.45, 2.75) is 13.1 Å². The van der Waals surface area contributed by atoms with Crippen molar-refractivity contribution >= 4 is 58.0 Å². The van der Waals surface area contributed by atoms with Gasteiger partial charge >= 0.3 is 6.16 Å². The number of hydrogen-bond acceptors (Lipinski definition) is 1. The Kier molecular flexibility index (Phi) is 4.06. The van der Waals surface area contributed by atoms with Gasteiger partial charge in [0.25, 0.3) is 0 Å². The van der Waals surface area contributed by atoms with Crippen LogP contribution in [-0.4, -0.2) is 25.0 Å². The van der Waals surface area contributed by atoms with Gasteiger partial charge in [-0.1, -0.05) is 0 Å². The molecule has 0 saturated heterocycles. The summed E-state index contributed by atoms with van der Waals surface area (Å²) in [6.07, 6.45) is -2.72. The molecule has 0 saturated carbocycles. The lowest BCUT2D eigenvalue weighted by atomic mass is 11.6. The first-order chi connectivity index (χ1) is 4.15. The summed E-state index contributed by atoms with van der Waals surface area (Å²) in [6, 6.07) is 0. The highest BCUT2D eigenvalue weighted by atomic mass is 35.8. The lowest BCUT2D eigenvalue weighted by molar-refractivity contribution is 0.820. The fourth-order valence-corrected chi connectivity index (χ4v) is 10.7. The van der Waals surface area contributed by atoms with E-state index in [0.717, 1.165) is 0 Å². The summed E-state index contributed by atoms with van der Waals surface area (Å²) in [7, 11) is -0.162. The van der Waals surface area contributed by atoms with Crippen molar-refractivity contribution in [1.29, 1.82) is 0 Å². The van der Waals surface area contributed by atoms with Crippen LogP contribution in [0.5, 0.6) is 0 Å². The minimum atomic E-state index is -2.72. The zero-order valence-electron chi connectivity index (χ0n) is 5.96. The van der Waals surface area contributed by atoms with Crippen LogP contribution in [0.3, 0.4) is 0 Å². The molecule has 0 rings (SSSR count). The molecule has 0 aliphatic carbocycles. The van der Waals surface area contributed by atoms with E-state index < -0.39 is 13.7 Å². The molecule has 0 aliphatic heterocycles. The third-order valence-electron chi connectivity index (χ3n) is 1.18. The molecular formula is C3H9Cl4NSi2. The molecule has 10 heavy (non-hydrogen) atoms. The summed E-state index contributed by atoms with van der Waals surface area (Å²) in [5, 5.41) is 0. The first-order valence-corrected chi connectivity index (χ1v) is 11.6. The molecule has 0 atom stereocenters. The smallest absolute Gasteiger partial charge is 0.300 e. The lowest BCUT2D eigenvalue weighted by Gasteiger charge is -2.31. The molecule has 0 bridgehead atoms. The monoisotopic (exact) mass is 255 g/mol. The largest absolute Gasteiger partial charge is 0.418 e. The topological polar surface area (TPSA) is 3.24 Å². The van der Waals surface area contributed by atoms with Crippen LogP contribution in [0.25, 0.3) is 0 Å². The van der Waals surface area contributed by atoms with E-state index in [1.807, 2.05) is 13.1 Å². The van der Waals surface area contributed by atoms with E-state index in [9.17, 15) is 0 Å². The van der Waals surface area contributed by atoms with Gasteiger partial charge in [-0.2, -0.15) is 0 Å². The molecule has 0 aromatic carbocycles. The summed E-state index contributed by atoms with van der Waals surface area (Å²) in [5.41, 5.74) is 0. The van der Waals surface area contributed by atoms with Gasteiger partial charge < -0.3 is 4.23 Å². The van der Waals surface area contributed by atoms with Crippen LogP contribution >= 0.6 is 44.3 Å². The van der Waals surface area contributed by atoms with Crippen molar-refractivity contribution in [3.8, 4) is 0 Å². The number of halogens is 4. The van der Waals surface area contributed by atoms with Gasteiger partial charge in [0, 0.05) is 0 Å². The third-order valence-corrected chi connectivity index (χ3v) is 11.0. The van der Waals surface area contributed by atoms with E-state index in [1.165, 1.54) is 0 Å². The van der Waals surface area contributed by atoms with Crippen molar-refractivity contribution in [3.05, 3.63) is 0 Å². The van der Waals surface area contributed by atoms with Gasteiger partial charge in [0.2, 0.25) is 7.55 Å². The Balaban J connectivity index is 4.23. The Hall–Kier alpha value is 1.55. The Morgan fingerprint density at radius 1 is 1.00 bits per heavy atom. The van der Waals surface area contributed by atoms with E-state index in [4.69, 9.17) is 44.3 Å². The van der Waals surface area contributed by atoms with Crippen LogP contribution in [0.4, 0.5) is 0 Å². The molecule has 0 N–H and O–H groups in total. The highest BCUT2D eigenvalue weighted by molar-refractivity contribution is 7.65. The highest BCUT2D eigenvalue weighted by Crippen LogP contribution is 2.29. The maximum absolute atomic E-state index is 6.01. The van der Waals surface area contributed by atoms with Crippen LogP contribution < -0.4 is 0 Å². The molecule has 62 valence electrons. The predicted molar refractivity (Wildman–Crippen MR) is 54.4 cm³/mol. The van der Waals surface area contributed by atoms with Gasteiger partial charge in [-0.05, 0) is 20.1 Å². The van der Waals surface area contributed by atoms with Crippen LogP contribution in [0.1, 0.15) is 0 Å². The molecular weight excluding hydrogens is 248 g/mol. The second kappa shape index (κ2) is 3.52. The molecule has 7 heteroatoms. The van der Waals surface area contributed by atoms with E-state index in [0.29, 0.717) is 0 Å². The minimum absolute atomic E-state index is 1.71. The van der Waals surface area contributed by atoms with Crippen molar-refractivity contribution in [3.63, 3.8) is 0 Å². The second-order valence-electron chi connectivity index (χ2n) is 2.44. The lowest BCUT2D eigenvalue weighted by Crippen LogP contribution is -2.51. The van der Waals surface area contributed by atoms with Gasteiger partial charge in [-0.15, -0.1) is 44.3 Å². The Morgan fingerprint density at radius 3 is 1.30 bits per heavy atom. The molecule has 0 aliphatic rings. The van der Waals surface area contributed by atoms with Gasteiger partial charge in [0.1, 0.15) is 0 Å². The first-order valence-electron chi connectivity index (χ1n) is 2.65. The van der Waals surface area contributed by atoms with E-state index >= 15 is 0 Å². The maximum atomic E-state index is 6.01. The molecule has 0 fully saturated rings. The molecule has 0 spiro atoms. The van der Waals surface area contributed by atoms with Gasteiger partial charge in [-0.3, -0.25) is 0 Å². The third kappa shape index (κ3) is 3.81. The summed E-state index contributed by atoms with van der Waals surface area (Å²) in [4.78, 5) is 0. The van der Waals surface area contributed by atoms with Crippen molar-refractivity contribution in [2.75, 3.05) is 7.05 Å². The predicted octanol–water partition coefficient (Wildman–Crippen LogP) is 3.01. The average Bonchev–Trinajstić information content (AvgIpc) is 1.59. The van der Waals surface area contributed by atoms with Crippen LogP contribution in [0.2, 0.25) is 13.1 Å². The molecule has 0 unspecified atom stereocenters. The standard InChI is InChI=1S/C3H9Cl4NSi2/c1-8(9(2,3)4)10(5,6)7/h1-3H3. The minimum Gasteiger partial charge on any atom is -0.300 e. The zero-order valence-corrected chi connectivity index (χ0v) is 11.0. The van der Waals surface area contributed by atoms with Crippen molar-refractivity contribution in [1.82, 2.24) is 4.23 Å². The van der Waals surface area contributed by atoms with E-state index in [1.54, 1.807) is 11.3 Å². The highest BCUT2D eigenvalue weighted by Gasteiger charge is 2.41.